The van der Waals surface area contributed by atoms with Gasteiger partial charge in [-0.1, -0.05) is 23.7 Å². The van der Waals surface area contributed by atoms with Crippen LogP contribution in [0.5, 0.6) is 0 Å². The van der Waals surface area contributed by atoms with Crippen molar-refractivity contribution in [3.05, 3.63) is 105 Å². The molecule has 0 saturated carbocycles. The fraction of sp³-hybridized carbons (Fsp3) is 0. The molecule has 0 radical (unpaired) electrons. The number of aromatic carboxylic acids is 4. The third kappa shape index (κ3) is 5.88. The van der Waals surface area contributed by atoms with E-state index in [9.17, 15) is 19.2 Å². The maximum atomic E-state index is 11.2. The van der Waals surface area contributed by atoms with Crippen LogP contribution in [0.1, 0.15) is 63.7 Å². The molecule has 0 aliphatic heterocycles. The zero-order chi connectivity index (χ0) is 24.8. The van der Waals surface area contributed by atoms with Crippen molar-refractivity contribution in [1.82, 2.24) is 0 Å². The molecule has 0 saturated heterocycles. The SMILES string of the molecule is O=C(O)c1cc(C#Cc2ccc(C#Cc3cc(C(=O)O)cc(C(=O)O)c3)cc2)cc(C(=O)O)c1. The molecule has 0 amide bonds. The molecule has 3 rings (SSSR count). The van der Waals surface area contributed by atoms with Gasteiger partial charge in [-0.25, -0.2) is 19.2 Å². The minimum Gasteiger partial charge on any atom is -0.478 e. The third-order valence-corrected chi connectivity index (χ3v) is 4.44. The fourth-order valence-corrected chi connectivity index (χ4v) is 2.82. The number of rotatable bonds is 4. The van der Waals surface area contributed by atoms with Crippen LogP contribution in [0.3, 0.4) is 0 Å². The Morgan fingerprint density at radius 1 is 0.412 bits per heavy atom. The molecule has 0 aliphatic carbocycles. The first-order chi connectivity index (χ1) is 16.1. The molecule has 0 unspecified atom stereocenters. The van der Waals surface area contributed by atoms with E-state index in [2.05, 4.69) is 23.7 Å². The van der Waals surface area contributed by atoms with Crippen LogP contribution in [-0.4, -0.2) is 44.3 Å². The summed E-state index contributed by atoms with van der Waals surface area (Å²) in [6, 6.07) is 13.8. The van der Waals surface area contributed by atoms with Crippen molar-refractivity contribution in [2.75, 3.05) is 0 Å². The number of carboxylic acids is 4. The molecule has 0 aliphatic rings. The van der Waals surface area contributed by atoms with E-state index in [0.29, 0.717) is 11.1 Å². The van der Waals surface area contributed by atoms with Crippen LogP contribution < -0.4 is 0 Å². The lowest BCUT2D eigenvalue weighted by atomic mass is 10.0. The number of hydrogen-bond donors (Lipinski definition) is 4. The first kappa shape index (κ1) is 23.3. The standard InChI is InChI=1S/C26H14O8/c27-23(28)19-9-17(10-20(13-19)24(29)30)7-5-15-1-2-16(4-3-15)6-8-18-11-21(25(31)32)14-22(12-18)26(33)34/h1-4,9-14H,(H,27,28)(H,29,30)(H,31,32)(H,33,34). The van der Waals surface area contributed by atoms with Gasteiger partial charge in [0, 0.05) is 22.3 Å². The second-order valence-electron chi connectivity index (χ2n) is 6.90. The van der Waals surface area contributed by atoms with Gasteiger partial charge >= 0.3 is 23.9 Å². The number of carbonyl (C=O) groups is 4. The normalized spacial score (nSPS) is 9.65. The topological polar surface area (TPSA) is 149 Å². The van der Waals surface area contributed by atoms with Crippen LogP contribution in [0.25, 0.3) is 0 Å². The zero-order valence-corrected chi connectivity index (χ0v) is 17.2. The monoisotopic (exact) mass is 454 g/mol. The van der Waals surface area contributed by atoms with Gasteiger partial charge < -0.3 is 20.4 Å². The van der Waals surface area contributed by atoms with E-state index in [1.165, 1.54) is 24.3 Å². The van der Waals surface area contributed by atoms with Crippen molar-refractivity contribution in [3.8, 4) is 23.7 Å². The molecule has 0 aromatic heterocycles. The van der Waals surface area contributed by atoms with Crippen LogP contribution in [-0.2, 0) is 0 Å². The summed E-state index contributed by atoms with van der Waals surface area (Å²) >= 11 is 0. The molecule has 166 valence electrons. The Kier molecular flexibility index (Phi) is 6.76. The molecule has 3 aromatic rings. The first-order valence-corrected chi connectivity index (χ1v) is 9.50. The van der Waals surface area contributed by atoms with Gasteiger partial charge in [-0.15, -0.1) is 0 Å². The Hall–Kier alpha value is -5.34. The molecule has 0 spiro atoms. The summed E-state index contributed by atoms with van der Waals surface area (Å²) in [5, 5.41) is 36.5. The molecular formula is C26H14O8. The highest BCUT2D eigenvalue weighted by Gasteiger charge is 2.11. The molecule has 0 atom stereocenters. The highest BCUT2D eigenvalue weighted by molar-refractivity contribution is 5.95. The van der Waals surface area contributed by atoms with E-state index < -0.39 is 23.9 Å². The zero-order valence-electron chi connectivity index (χ0n) is 17.2. The Morgan fingerprint density at radius 3 is 0.882 bits per heavy atom. The largest absolute Gasteiger partial charge is 0.478 e. The van der Waals surface area contributed by atoms with Gasteiger partial charge in [-0.2, -0.15) is 0 Å². The van der Waals surface area contributed by atoms with Crippen molar-refractivity contribution < 1.29 is 39.6 Å². The average molecular weight is 454 g/mol. The maximum Gasteiger partial charge on any atom is 0.335 e. The van der Waals surface area contributed by atoms with Crippen LogP contribution >= 0.6 is 0 Å². The molecule has 34 heavy (non-hydrogen) atoms. The molecule has 0 heterocycles. The molecule has 0 bridgehead atoms. The first-order valence-electron chi connectivity index (χ1n) is 9.50. The van der Waals surface area contributed by atoms with Gasteiger partial charge in [0.1, 0.15) is 0 Å². The lowest BCUT2D eigenvalue weighted by molar-refractivity contribution is 0.0676. The molecule has 0 fully saturated rings. The highest BCUT2D eigenvalue weighted by Crippen LogP contribution is 2.12. The van der Waals surface area contributed by atoms with Gasteiger partial charge in [0.25, 0.3) is 0 Å². The van der Waals surface area contributed by atoms with Crippen molar-refractivity contribution in [2.45, 2.75) is 0 Å². The van der Waals surface area contributed by atoms with Crippen molar-refractivity contribution >= 4 is 23.9 Å². The molecular weight excluding hydrogens is 440 g/mol. The van der Waals surface area contributed by atoms with Crippen LogP contribution in [0.4, 0.5) is 0 Å². The lowest BCUT2D eigenvalue weighted by Crippen LogP contribution is -2.03. The van der Waals surface area contributed by atoms with E-state index in [1.54, 1.807) is 24.3 Å². The Bertz CT molecular complexity index is 1280. The van der Waals surface area contributed by atoms with Crippen LogP contribution in [0.2, 0.25) is 0 Å². The predicted molar refractivity (Wildman–Crippen MR) is 119 cm³/mol. The lowest BCUT2D eigenvalue weighted by Gasteiger charge is -2.00. The minimum atomic E-state index is -1.27. The molecule has 8 nitrogen and oxygen atoms in total. The summed E-state index contributed by atoms with van der Waals surface area (Å²) in [5.41, 5.74) is 0.831. The van der Waals surface area contributed by atoms with E-state index in [-0.39, 0.29) is 33.4 Å². The summed E-state index contributed by atoms with van der Waals surface area (Å²) in [6.45, 7) is 0. The smallest absolute Gasteiger partial charge is 0.335 e. The summed E-state index contributed by atoms with van der Waals surface area (Å²) in [7, 11) is 0. The molecule has 4 N–H and O–H groups in total. The Morgan fingerprint density at radius 2 is 0.647 bits per heavy atom. The summed E-state index contributed by atoms with van der Waals surface area (Å²) < 4.78 is 0. The molecule has 3 aromatic carbocycles. The van der Waals surface area contributed by atoms with Gasteiger partial charge in [-0.3, -0.25) is 0 Å². The summed E-state index contributed by atoms with van der Waals surface area (Å²) in [4.78, 5) is 44.8. The fourth-order valence-electron chi connectivity index (χ4n) is 2.82. The van der Waals surface area contributed by atoms with Crippen LogP contribution in [0.15, 0.2) is 60.7 Å². The quantitative estimate of drug-likeness (QED) is 0.439. The van der Waals surface area contributed by atoms with Crippen molar-refractivity contribution in [1.29, 1.82) is 0 Å². The van der Waals surface area contributed by atoms with Crippen molar-refractivity contribution in [2.24, 2.45) is 0 Å². The highest BCUT2D eigenvalue weighted by atomic mass is 16.4. The predicted octanol–water partition coefficient (Wildman–Crippen LogP) is 3.28. The Labute approximate surface area is 192 Å². The van der Waals surface area contributed by atoms with E-state index >= 15 is 0 Å². The van der Waals surface area contributed by atoms with Crippen molar-refractivity contribution in [3.63, 3.8) is 0 Å². The second-order valence-corrected chi connectivity index (χ2v) is 6.90. The third-order valence-electron chi connectivity index (χ3n) is 4.44. The molecule has 8 heteroatoms. The number of hydrogen-bond acceptors (Lipinski definition) is 4. The minimum absolute atomic E-state index is 0.187. The van der Waals surface area contributed by atoms with Crippen LogP contribution in [0, 0.1) is 23.7 Å². The van der Waals surface area contributed by atoms with E-state index in [4.69, 9.17) is 20.4 Å². The Balaban J connectivity index is 1.85. The van der Waals surface area contributed by atoms with Gasteiger partial charge in [0.15, 0.2) is 0 Å². The summed E-state index contributed by atoms with van der Waals surface area (Å²) in [5.74, 6) is 6.05. The average Bonchev–Trinajstić information content (AvgIpc) is 2.81. The number of carboxylic acid groups (broad SMARTS) is 4. The maximum absolute atomic E-state index is 11.2. The second kappa shape index (κ2) is 9.86. The van der Waals surface area contributed by atoms with Gasteiger partial charge in [0.2, 0.25) is 0 Å². The van der Waals surface area contributed by atoms with Gasteiger partial charge in [0.05, 0.1) is 22.3 Å². The van der Waals surface area contributed by atoms with E-state index in [0.717, 1.165) is 12.1 Å². The number of benzene rings is 3. The van der Waals surface area contributed by atoms with Gasteiger partial charge in [-0.05, 0) is 60.7 Å². The summed E-state index contributed by atoms with van der Waals surface area (Å²) in [6.07, 6.45) is 0. The van der Waals surface area contributed by atoms with E-state index in [1.807, 2.05) is 0 Å².